The first-order chi connectivity index (χ1) is 13.0. The number of benzene rings is 1. The monoisotopic (exact) mass is 372 g/mol. The number of carbonyl (C=O) groups is 2. The van der Waals surface area contributed by atoms with Crippen molar-refractivity contribution >= 4 is 23.6 Å². The fourth-order valence-electron chi connectivity index (χ4n) is 3.03. The molecule has 27 heavy (non-hydrogen) atoms. The summed E-state index contributed by atoms with van der Waals surface area (Å²) in [5.41, 5.74) is 7.08. The molecule has 1 heterocycles. The molecule has 1 aromatic heterocycles. The number of hydrogen-bond donors (Lipinski definition) is 3. The molecule has 4 N–H and O–H groups in total. The maximum Gasteiger partial charge on any atom is 0.418 e. The van der Waals surface area contributed by atoms with Gasteiger partial charge >= 0.3 is 6.09 Å². The van der Waals surface area contributed by atoms with Crippen LogP contribution in [0.5, 0.6) is 0 Å². The minimum Gasteiger partial charge on any atom is -0.464 e. The van der Waals surface area contributed by atoms with Crippen LogP contribution in [0, 0.1) is 0 Å². The van der Waals surface area contributed by atoms with Gasteiger partial charge in [0.15, 0.2) is 0 Å². The van der Waals surface area contributed by atoms with Gasteiger partial charge in [0, 0.05) is 12.0 Å². The van der Waals surface area contributed by atoms with Crippen LogP contribution in [0.3, 0.4) is 0 Å². The standard InChI is InChI=1S/C20H28N4O3/c1-2-3-4-5-6-7-8-13-18(25)23-16-12-10-9-11-15(16)17-14-22-19(21)24(17)20(26)27/h9-12,14H,2-8,13H2,1H3,(H2,21,22)(H,23,25)(H,26,27). The van der Waals surface area contributed by atoms with Gasteiger partial charge in [0.2, 0.25) is 11.9 Å². The van der Waals surface area contributed by atoms with E-state index in [1.807, 2.05) is 0 Å². The van der Waals surface area contributed by atoms with E-state index in [0.29, 0.717) is 23.4 Å². The van der Waals surface area contributed by atoms with Gasteiger partial charge in [-0.25, -0.2) is 14.3 Å². The Morgan fingerprint density at radius 1 is 1.11 bits per heavy atom. The second kappa shape index (κ2) is 10.4. The second-order valence-corrected chi connectivity index (χ2v) is 6.58. The zero-order chi connectivity index (χ0) is 19.6. The molecule has 0 fully saturated rings. The Morgan fingerprint density at radius 3 is 2.48 bits per heavy atom. The molecule has 0 aliphatic heterocycles. The lowest BCUT2D eigenvalue weighted by atomic mass is 10.1. The van der Waals surface area contributed by atoms with Crippen LogP contribution in [-0.4, -0.2) is 26.7 Å². The topological polar surface area (TPSA) is 110 Å². The van der Waals surface area contributed by atoms with Gasteiger partial charge in [-0.3, -0.25) is 4.79 Å². The fraction of sp³-hybridized carbons (Fsp3) is 0.450. The van der Waals surface area contributed by atoms with Crippen molar-refractivity contribution in [3.05, 3.63) is 30.5 Å². The van der Waals surface area contributed by atoms with Gasteiger partial charge in [0.25, 0.3) is 0 Å². The summed E-state index contributed by atoms with van der Waals surface area (Å²) in [6, 6.07) is 7.04. The summed E-state index contributed by atoms with van der Waals surface area (Å²) >= 11 is 0. The quantitative estimate of drug-likeness (QED) is 0.522. The highest BCUT2D eigenvalue weighted by atomic mass is 16.4. The molecule has 0 spiro atoms. The van der Waals surface area contributed by atoms with E-state index in [0.717, 1.165) is 23.8 Å². The zero-order valence-corrected chi connectivity index (χ0v) is 15.8. The van der Waals surface area contributed by atoms with Crippen molar-refractivity contribution in [2.45, 2.75) is 58.3 Å². The minimum absolute atomic E-state index is 0.0784. The van der Waals surface area contributed by atoms with Crippen molar-refractivity contribution in [1.82, 2.24) is 9.55 Å². The molecule has 146 valence electrons. The second-order valence-electron chi connectivity index (χ2n) is 6.58. The third-order valence-corrected chi connectivity index (χ3v) is 4.46. The van der Waals surface area contributed by atoms with Gasteiger partial charge in [0.1, 0.15) is 0 Å². The predicted molar refractivity (Wildman–Crippen MR) is 107 cm³/mol. The summed E-state index contributed by atoms with van der Waals surface area (Å²) in [6.45, 7) is 2.19. The summed E-state index contributed by atoms with van der Waals surface area (Å²) in [7, 11) is 0. The number of anilines is 2. The highest BCUT2D eigenvalue weighted by Gasteiger charge is 2.18. The molecule has 7 nitrogen and oxygen atoms in total. The molecular formula is C20H28N4O3. The average molecular weight is 372 g/mol. The molecule has 0 unspecified atom stereocenters. The molecule has 0 atom stereocenters. The summed E-state index contributed by atoms with van der Waals surface area (Å²) in [4.78, 5) is 27.6. The van der Waals surface area contributed by atoms with E-state index in [4.69, 9.17) is 5.73 Å². The van der Waals surface area contributed by atoms with Gasteiger partial charge in [0.05, 0.1) is 17.6 Å². The smallest absolute Gasteiger partial charge is 0.418 e. The van der Waals surface area contributed by atoms with E-state index in [9.17, 15) is 14.7 Å². The summed E-state index contributed by atoms with van der Waals surface area (Å²) in [5, 5.41) is 12.2. The Kier molecular flexibility index (Phi) is 7.85. The average Bonchev–Trinajstić information content (AvgIpc) is 3.03. The Morgan fingerprint density at radius 2 is 1.78 bits per heavy atom. The van der Waals surface area contributed by atoms with Gasteiger partial charge in [-0.1, -0.05) is 63.6 Å². The van der Waals surface area contributed by atoms with Crippen LogP contribution < -0.4 is 11.1 Å². The molecule has 0 bridgehead atoms. The molecule has 2 rings (SSSR count). The van der Waals surface area contributed by atoms with Crippen molar-refractivity contribution in [3.8, 4) is 11.3 Å². The lowest BCUT2D eigenvalue weighted by Gasteiger charge is -2.12. The van der Waals surface area contributed by atoms with Gasteiger partial charge in [-0.2, -0.15) is 0 Å². The molecular weight excluding hydrogens is 344 g/mol. The minimum atomic E-state index is -1.22. The summed E-state index contributed by atoms with van der Waals surface area (Å²) in [5.74, 6) is -0.188. The maximum atomic E-state index is 12.3. The van der Waals surface area contributed by atoms with Gasteiger partial charge < -0.3 is 16.2 Å². The molecule has 1 amide bonds. The number of rotatable bonds is 10. The van der Waals surface area contributed by atoms with Crippen LogP contribution in [0.15, 0.2) is 30.5 Å². The number of hydrogen-bond acceptors (Lipinski definition) is 4. The van der Waals surface area contributed by atoms with Crippen molar-refractivity contribution < 1.29 is 14.7 Å². The zero-order valence-electron chi connectivity index (χ0n) is 15.8. The number of amides is 1. The number of para-hydroxylation sites is 1. The number of nitrogen functional groups attached to an aromatic ring is 1. The van der Waals surface area contributed by atoms with Crippen LogP contribution in [0.25, 0.3) is 11.3 Å². The Bertz CT molecular complexity index is 770. The normalized spacial score (nSPS) is 10.7. The summed E-state index contributed by atoms with van der Waals surface area (Å²) < 4.78 is 0.904. The molecule has 0 aliphatic carbocycles. The number of aromatic nitrogens is 2. The SMILES string of the molecule is CCCCCCCCCC(=O)Nc1ccccc1-c1cnc(N)n1C(=O)O. The number of carbonyl (C=O) groups excluding carboxylic acids is 1. The van der Waals surface area contributed by atoms with E-state index < -0.39 is 6.09 Å². The maximum absolute atomic E-state index is 12.3. The number of unbranched alkanes of at least 4 members (excludes halogenated alkanes) is 6. The van der Waals surface area contributed by atoms with Crippen LogP contribution in [-0.2, 0) is 4.79 Å². The molecule has 2 aromatic rings. The first kappa shape index (κ1) is 20.5. The fourth-order valence-corrected chi connectivity index (χ4v) is 3.03. The van der Waals surface area contributed by atoms with Crippen molar-refractivity contribution in [2.75, 3.05) is 11.1 Å². The number of nitrogens with two attached hydrogens (primary N) is 1. The van der Waals surface area contributed by atoms with Crippen molar-refractivity contribution in [3.63, 3.8) is 0 Å². The lowest BCUT2D eigenvalue weighted by molar-refractivity contribution is -0.116. The largest absolute Gasteiger partial charge is 0.464 e. The van der Waals surface area contributed by atoms with E-state index in [1.54, 1.807) is 24.3 Å². The number of carboxylic acid groups (broad SMARTS) is 1. The Balaban J connectivity index is 1.96. The van der Waals surface area contributed by atoms with Crippen LogP contribution in [0.4, 0.5) is 16.4 Å². The van der Waals surface area contributed by atoms with Crippen molar-refractivity contribution in [1.29, 1.82) is 0 Å². The van der Waals surface area contributed by atoms with Crippen molar-refractivity contribution in [2.24, 2.45) is 0 Å². The predicted octanol–water partition coefficient (Wildman–Crippen LogP) is 4.74. The van der Waals surface area contributed by atoms with E-state index in [1.165, 1.54) is 31.9 Å². The lowest BCUT2D eigenvalue weighted by Crippen LogP contribution is -2.15. The summed E-state index contributed by atoms with van der Waals surface area (Å²) in [6.07, 6.45) is 8.65. The molecule has 0 saturated carbocycles. The molecule has 0 aliphatic rings. The molecule has 7 heteroatoms. The van der Waals surface area contributed by atoms with E-state index >= 15 is 0 Å². The highest BCUT2D eigenvalue weighted by molar-refractivity contribution is 5.96. The Labute approximate surface area is 159 Å². The van der Waals surface area contributed by atoms with Crippen LogP contribution in [0.1, 0.15) is 58.3 Å². The highest BCUT2D eigenvalue weighted by Crippen LogP contribution is 2.29. The first-order valence-corrected chi connectivity index (χ1v) is 9.50. The Hall–Kier alpha value is -2.83. The van der Waals surface area contributed by atoms with Gasteiger partial charge in [-0.05, 0) is 12.5 Å². The first-order valence-electron chi connectivity index (χ1n) is 9.50. The molecule has 0 radical (unpaired) electrons. The number of imidazole rings is 1. The third-order valence-electron chi connectivity index (χ3n) is 4.46. The van der Waals surface area contributed by atoms with E-state index in [-0.39, 0.29) is 11.9 Å². The van der Waals surface area contributed by atoms with E-state index in [2.05, 4.69) is 17.2 Å². The van der Waals surface area contributed by atoms with Crippen LogP contribution in [0.2, 0.25) is 0 Å². The number of nitrogens with zero attached hydrogens (tertiary/aromatic N) is 2. The molecule has 0 saturated heterocycles. The third kappa shape index (κ3) is 5.84. The van der Waals surface area contributed by atoms with Gasteiger partial charge in [-0.15, -0.1) is 0 Å². The number of nitrogens with one attached hydrogen (secondary N) is 1. The molecule has 1 aromatic carbocycles. The van der Waals surface area contributed by atoms with Crippen LogP contribution >= 0.6 is 0 Å².